The number of rotatable bonds is 9. The first-order valence-electron chi connectivity index (χ1n) is 14.0. The van der Waals surface area contributed by atoms with Crippen LogP contribution in [0.25, 0.3) is 28.1 Å². The van der Waals surface area contributed by atoms with Gasteiger partial charge in [-0.25, -0.2) is 22.8 Å². The van der Waals surface area contributed by atoms with Crippen LogP contribution in [-0.2, 0) is 19.6 Å². The number of nitrogens with zero attached hydrogens (tertiary/aromatic N) is 3. The molecule has 0 spiro atoms. The van der Waals surface area contributed by atoms with Gasteiger partial charge in [-0.1, -0.05) is 48.5 Å². The van der Waals surface area contributed by atoms with Crippen molar-refractivity contribution in [3.8, 4) is 17.1 Å². The van der Waals surface area contributed by atoms with Gasteiger partial charge in [0.05, 0.1) is 28.0 Å². The third-order valence-electron chi connectivity index (χ3n) is 8.26. The molecule has 3 N–H and O–H groups in total. The van der Waals surface area contributed by atoms with Crippen molar-refractivity contribution in [3.63, 3.8) is 0 Å². The number of fused-ring (bicyclic) bond motifs is 3. The molecule has 1 unspecified atom stereocenters. The predicted octanol–water partition coefficient (Wildman–Crippen LogP) is 2.33. The SMILES string of the molecule is C=C[C@@H]1CC1(NC(=O)[C@@H]1C[C@@H](Oc2cc(-c3ccccc3)nc3nc4ccccc4n23)CN1)C(=O)NS(=O)(=O)C1CC1. The summed E-state index contributed by atoms with van der Waals surface area (Å²) >= 11 is 0. The molecule has 4 aromatic rings. The maximum Gasteiger partial charge on any atom is 0.259 e. The second kappa shape index (κ2) is 9.92. The lowest BCUT2D eigenvalue weighted by atomic mass is 10.1. The Morgan fingerprint density at radius 2 is 1.86 bits per heavy atom. The molecule has 2 aromatic carbocycles. The van der Waals surface area contributed by atoms with E-state index in [9.17, 15) is 18.0 Å². The first kappa shape index (κ1) is 26.6. The largest absolute Gasteiger partial charge is 0.474 e. The standard InChI is InChI=1S/C30H30N6O5S/c1-2-19-16-30(19,28(38)35-42(39,40)21-12-13-21)34-27(37)24-14-20(17-31-24)41-26-15-23(18-8-4-3-5-9-18)33-29-32-22-10-6-7-11-25(22)36(26)29/h2-11,15,19-21,24,31H,1,12-14,16-17H2,(H,34,37)(H,35,38)/t19-,20-,24+,30?/m1/s1. The summed E-state index contributed by atoms with van der Waals surface area (Å²) in [5.74, 6) is -0.387. The lowest BCUT2D eigenvalue weighted by molar-refractivity contribution is -0.130. The van der Waals surface area contributed by atoms with Crippen LogP contribution in [0.5, 0.6) is 5.88 Å². The van der Waals surface area contributed by atoms with Crippen molar-refractivity contribution in [2.45, 2.75) is 48.6 Å². The van der Waals surface area contributed by atoms with Crippen molar-refractivity contribution < 1.29 is 22.7 Å². The fourth-order valence-corrected chi connectivity index (χ4v) is 7.02. The minimum absolute atomic E-state index is 0.297. The molecule has 2 amide bonds. The first-order valence-corrected chi connectivity index (χ1v) is 15.6. The molecule has 1 saturated heterocycles. The van der Waals surface area contributed by atoms with Gasteiger partial charge in [0.15, 0.2) is 0 Å². The third kappa shape index (κ3) is 4.70. The van der Waals surface area contributed by atoms with Gasteiger partial charge in [0, 0.05) is 30.5 Å². The van der Waals surface area contributed by atoms with E-state index in [1.807, 2.05) is 65.1 Å². The summed E-state index contributed by atoms with van der Waals surface area (Å²) < 4.78 is 35.3. The van der Waals surface area contributed by atoms with Crippen molar-refractivity contribution in [1.82, 2.24) is 29.7 Å². The van der Waals surface area contributed by atoms with Crippen molar-refractivity contribution in [3.05, 3.63) is 73.3 Å². The number of carbonyl (C=O) groups excluding carboxylic acids is 2. The van der Waals surface area contributed by atoms with E-state index in [1.165, 1.54) is 0 Å². The fourth-order valence-electron chi connectivity index (χ4n) is 5.66. The predicted molar refractivity (Wildman–Crippen MR) is 156 cm³/mol. The Labute approximate surface area is 242 Å². The van der Waals surface area contributed by atoms with E-state index < -0.39 is 32.8 Å². The second-order valence-corrected chi connectivity index (χ2v) is 13.2. The number of para-hydroxylation sites is 2. The molecule has 42 heavy (non-hydrogen) atoms. The topological polar surface area (TPSA) is 144 Å². The lowest BCUT2D eigenvalue weighted by Gasteiger charge is -2.21. The zero-order valence-corrected chi connectivity index (χ0v) is 23.5. The molecule has 7 rings (SSSR count). The maximum atomic E-state index is 13.3. The minimum Gasteiger partial charge on any atom is -0.474 e. The van der Waals surface area contributed by atoms with Crippen molar-refractivity contribution in [1.29, 1.82) is 0 Å². The van der Waals surface area contributed by atoms with Crippen molar-refractivity contribution in [2.24, 2.45) is 5.92 Å². The molecule has 2 saturated carbocycles. The van der Waals surface area contributed by atoms with Crippen molar-refractivity contribution >= 4 is 38.6 Å². The van der Waals surface area contributed by atoms with Crippen LogP contribution in [0.1, 0.15) is 25.7 Å². The highest BCUT2D eigenvalue weighted by molar-refractivity contribution is 7.91. The smallest absolute Gasteiger partial charge is 0.259 e. The van der Waals surface area contributed by atoms with E-state index in [4.69, 9.17) is 14.7 Å². The van der Waals surface area contributed by atoms with E-state index in [0.717, 1.165) is 16.6 Å². The molecule has 4 atom stereocenters. The number of hydrogen-bond acceptors (Lipinski definition) is 8. The number of amides is 2. The molecule has 3 heterocycles. The number of aromatic nitrogens is 3. The lowest BCUT2D eigenvalue weighted by Crippen LogP contribution is -2.55. The van der Waals surface area contributed by atoms with Crippen LogP contribution in [0.2, 0.25) is 0 Å². The number of hydrogen-bond donors (Lipinski definition) is 3. The highest BCUT2D eigenvalue weighted by Crippen LogP contribution is 2.45. The highest BCUT2D eigenvalue weighted by Gasteiger charge is 2.61. The van der Waals surface area contributed by atoms with Gasteiger partial charge in [-0.05, 0) is 31.4 Å². The van der Waals surface area contributed by atoms with Crippen LogP contribution in [-0.4, -0.2) is 64.1 Å². The average Bonchev–Trinajstić information content (AvgIpc) is 3.88. The summed E-state index contributed by atoms with van der Waals surface area (Å²) in [4.78, 5) is 35.9. The fraction of sp³-hybridized carbons (Fsp3) is 0.333. The van der Waals surface area contributed by atoms with Crippen LogP contribution in [0, 0.1) is 5.92 Å². The molecule has 216 valence electrons. The molecule has 2 aromatic heterocycles. The van der Waals surface area contributed by atoms with E-state index in [0.29, 0.717) is 49.6 Å². The summed E-state index contributed by atoms with van der Waals surface area (Å²) in [6.07, 6.45) is 2.93. The van der Waals surface area contributed by atoms with E-state index in [2.05, 4.69) is 21.9 Å². The van der Waals surface area contributed by atoms with Gasteiger partial charge in [-0.15, -0.1) is 6.58 Å². The van der Waals surface area contributed by atoms with E-state index in [-0.39, 0.29) is 17.9 Å². The number of benzene rings is 2. The van der Waals surface area contributed by atoms with Crippen LogP contribution < -0.4 is 20.1 Å². The van der Waals surface area contributed by atoms with Gasteiger partial charge in [0.1, 0.15) is 11.6 Å². The molecule has 1 aliphatic heterocycles. The van der Waals surface area contributed by atoms with Gasteiger partial charge in [0.2, 0.25) is 27.6 Å². The van der Waals surface area contributed by atoms with Gasteiger partial charge in [-0.3, -0.25) is 14.3 Å². The Balaban J connectivity index is 1.10. The van der Waals surface area contributed by atoms with Crippen LogP contribution in [0.15, 0.2) is 73.3 Å². The monoisotopic (exact) mass is 586 g/mol. The third-order valence-corrected chi connectivity index (χ3v) is 10.1. The maximum absolute atomic E-state index is 13.3. The van der Waals surface area contributed by atoms with Crippen LogP contribution in [0.4, 0.5) is 0 Å². The summed E-state index contributed by atoms with van der Waals surface area (Å²) in [6, 6.07) is 18.7. The number of carbonyl (C=O) groups is 2. The number of imidazole rings is 1. The molecule has 3 aliphatic rings. The summed E-state index contributed by atoms with van der Waals surface area (Å²) in [7, 11) is -3.75. The second-order valence-electron chi connectivity index (χ2n) is 11.2. The van der Waals surface area contributed by atoms with E-state index in [1.54, 1.807) is 6.08 Å². The Bertz CT molecular complexity index is 1840. The average molecular weight is 587 g/mol. The Morgan fingerprint density at radius 1 is 1.10 bits per heavy atom. The Morgan fingerprint density at radius 3 is 2.60 bits per heavy atom. The molecule has 11 nitrogen and oxygen atoms in total. The van der Waals surface area contributed by atoms with Gasteiger partial charge >= 0.3 is 0 Å². The Hall–Kier alpha value is -4.29. The molecular weight excluding hydrogens is 556 g/mol. The zero-order valence-electron chi connectivity index (χ0n) is 22.7. The molecule has 3 fully saturated rings. The highest BCUT2D eigenvalue weighted by atomic mass is 32.2. The minimum atomic E-state index is -3.75. The normalized spacial score (nSPS) is 25.3. The molecule has 2 aliphatic carbocycles. The Kier molecular flexibility index (Phi) is 6.28. The first-order chi connectivity index (χ1) is 20.3. The molecule has 0 bridgehead atoms. The summed E-state index contributed by atoms with van der Waals surface area (Å²) in [5.41, 5.74) is 1.96. The van der Waals surface area contributed by atoms with Crippen LogP contribution >= 0.6 is 0 Å². The van der Waals surface area contributed by atoms with Gasteiger partial charge in [0.25, 0.3) is 5.91 Å². The molecular formula is C30H30N6O5S. The number of nitrogens with one attached hydrogen (secondary N) is 3. The summed E-state index contributed by atoms with van der Waals surface area (Å²) in [5, 5.41) is 5.48. The number of sulfonamides is 1. The van der Waals surface area contributed by atoms with Gasteiger partial charge in [-0.2, -0.15) is 0 Å². The van der Waals surface area contributed by atoms with Crippen molar-refractivity contribution in [2.75, 3.05) is 6.54 Å². The quantitative estimate of drug-likeness (QED) is 0.254. The van der Waals surface area contributed by atoms with Gasteiger partial charge < -0.3 is 15.4 Å². The number of ether oxygens (including phenoxy) is 1. The molecule has 12 heteroatoms. The van der Waals surface area contributed by atoms with E-state index >= 15 is 0 Å². The van der Waals surface area contributed by atoms with Crippen LogP contribution in [0.3, 0.4) is 0 Å². The molecule has 0 radical (unpaired) electrons. The zero-order chi connectivity index (χ0) is 29.1. The summed E-state index contributed by atoms with van der Waals surface area (Å²) in [6.45, 7) is 4.15.